The third kappa shape index (κ3) is 3.23. The first-order valence-electron chi connectivity index (χ1n) is 4.59. The van der Waals surface area contributed by atoms with Crippen molar-refractivity contribution in [3.8, 4) is 0 Å². The molecule has 0 radical (unpaired) electrons. The van der Waals surface area contributed by atoms with Crippen LogP contribution >= 0.6 is 0 Å². The van der Waals surface area contributed by atoms with Crippen molar-refractivity contribution in [1.29, 1.82) is 0 Å². The normalized spacial score (nSPS) is 9.38. The maximum Gasteiger partial charge on any atom is 0.146 e. The summed E-state index contributed by atoms with van der Waals surface area (Å²) in [6, 6.07) is 5.71. The summed E-state index contributed by atoms with van der Waals surface area (Å²) in [7, 11) is 0. The van der Waals surface area contributed by atoms with Gasteiger partial charge in [-0.05, 0) is 25.0 Å². The van der Waals surface area contributed by atoms with Gasteiger partial charge in [0.1, 0.15) is 5.82 Å². The number of rotatable bonds is 4. The largest absolute Gasteiger partial charge is 0.261 e. The van der Waals surface area contributed by atoms with Crippen LogP contribution in [0.4, 0.5) is 5.82 Å². The van der Waals surface area contributed by atoms with Crippen LogP contribution in [0.15, 0.2) is 29.5 Å². The lowest BCUT2D eigenvalue weighted by molar-refractivity contribution is 1.11. The molecule has 0 unspecified atom stereocenters. The van der Waals surface area contributed by atoms with E-state index in [0.29, 0.717) is 0 Å². The molecule has 0 fully saturated rings. The van der Waals surface area contributed by atoms with Gasteiger partial charge in [0.2, 0.25) is 0 Å². The van der Waals surface area contributed by atoms with Crippen molar-refractivity contribution in [2.45, 2.75) is 26.7 Å². The van der Waals surface area contributed by atoms with Gasteiger partial charge in [0, 0.05) is 11.9 Å². The van der Waals surface area contributed by atoms with Crippen LogP contribution in [0.1, 0.15) is 26.7 Å². The maximum absolute atomic E-state index is 4.24. The molecule has 70 valence electrons. The molecule has 0 bridgehead atoms. The van der Waals surface area contributed by atoms with E-state index in [0.717, 1.165) is 24.4 Å². The lowest BCUT2D eigenvalue weighted by Gasteiger charge is -2.01. The van der Waals surface area contributed by atoms with Crippen molar-refractivity contribution >= 4 is 11.5 Å². The lowest BCUT2D eigenvalue weighted by atomic mass is 10.2. The van der Waals surface area contributed by atoms with Gasteiger partial charge in [0.15, 0.2) is 0 Å². The number of nitrogens with one attached hydrogen (secondary N) is 1. The first-order chi connectivity index (χ1) is 6.36. The predicted molar refractivity (Wildman–Crippen MR) is 55.9 cm³/mol. The van der Waals surface area contributed by atoms with Crippen LogP contribution in [-0.2, 0) is 0 Å². The van der Waals surface area contributed by atoms with Gasteiger partial charge in [0.05, 0.1) is 0 Å². The summed E-state index contributed by atoms with van der Waals surface area (Å²) in [5.41, 5.74) is 4.08. The highest BCUT2D eigenvalue weighted by Gasteiger charge is 1.91. The third-order valence-corrected chi connectivity index (χ3v) is 1.81. The fourth-order valence-electron chi connectivity index (χ4n) is 0.973. The van der Waals surface area contributed by atoms with Crippen LogP contribution in [0, 0.1) is 0 Å². The van der Waals surface area contributed by atoms with Gasteiger partial charge in [-0.25, -0.2) is 4.98 Å². The molecule has 0 spiro atoms. The highest BCUT2D eigenvalue weighted by atomic mass is 15.3. The molecular formula is C10H15N3. The van der Waals surface area contributed by atoms with Crippen molar-refractivity contribution in [3.63, 3.8) is 0 Å². The van der Waals surface area contributed by atoms with Gasteiger partial charge >= 0.3 is 0 Å². The third-order valence-electron chi connectivity index (χ3n) is 1.81. The van der Waals surface area contributed by atoms with Gasteiger partial charge < -0.3 is 0 Å². The molecule has 3 nitrogen and oxygen atoms in total. The lowest BCUT2D eigenvalue weighted by Crippen LogP contribution is -1.99. The van der Waals surface area contributed by atoms with Crippen LogP contribution in [0.5, 0.6) is 0 Å². The highest BCUT2D eigenvalue weighted by Crippen LogP contribution is 2.00. The fourth-order valence-corrected chi connectivity index (χ4v) is 0.973. The van der Waals surface area contributed by atoms with E-state index in [4.69, 9.17) is 0 Å². The van der Waals surface area contributed by atoms with Gasteiger partial charge in [-0.3, -0.25) is 5.43 Å². The summed E-state index contributed by atoms with van der Waals surface area (Å²) < 4.78 is 0. The molecule has 0 aliphatic carbocycles. The van der Waals surface area contributed by atoms with E-state index >= 15 is 0 Å². The van der Waals surface area contributed by atoms with E-state index in [1.54, 1.807) is 6.20 Å². The van der Waals surface area contributed by atoms with Gasteiger partial charge in [-0.15, -0.1) is 0 Å². The van der Waals surface area contributed by atoms with Gasteiger partial charge in [-0.2, -0.15) is 5.10 Å². The minimum atomic E-state index is 0.793. The first-order valence-corrected chi connectivity index (χ1v) is 4.59. The maximum atomic E-state index is 4.24. The topological polar surface area (TPSA) is 37.3 Å². The predicted octanol–water partition coefficient (Wildman–Crippen LogP) is 2.67. The number of aromatic nitrogens is 1. The second kappa shape index (κ2) is 5.30. The molecule has 0 aliphatic rings. The molecule has 0 atom stereocenters. The van der Waals surface area contributed by atoms with E-state index in [2.05, 4.69) is 29.4 Å². The molecule has 0 amide bonds. The number of anilines is 1. The van der Waals surface area contributed by atoms with E-state index in [1.807, 2.05) is 18.2 Å². The highest BCUT2D eigenvalue weighted by molar-refractivity contribution is 5.84. The summed E-state index contributed by atoms with van der Waals surface area (Å²) in [5, 5.41) is 4.24. The van der Waals surface area contributed by atoms with E-state index < -0.39 is 0 Å². The molecule has 1 rings (SSSR count). The summed E-state index contributed by atoms with van der Waals surface area (Å²) in [5.74, 6) is 0.793. The summed E-state index contributed by atoms with van der Waals surface area (Å²) >= 11 is 0. The Kier molecular flexibility index (Phi) is 3.96. The van der Waals surface area contributed by atoms with E-state index in [-0.39, 0.29) is 0 Å². The zero-order chi connectivity index (χ0) is 9.52. The molecule has 0 aliphatic heterocycles. The number of hydrogen-bond donors (Lipinski definition) is 1. The first kappa shape index (κ1) is 9.71. The Balaban J connectivity index is 2.55. The average Bonchev–Trinajstić information content (AvgIpc) is 2.21. The molecule has 3 heteroatoms. The number of pyridine rings is 1. The minimum Gasteiger partial charge on any atom is -0.261 e. The van der Waals surface area contributed by atoms with Crippen molar-refractivity contribution in [1.82, 2.24) is 4.98 Å². The Labute approximate surface area is 78.9 Å². The van der Waals surface area contributed by atoms with Crippen molar-refractivity contribution in [3.05, 3.63) is 24.4 Å². The Morgan fingerprint density at radius 1 is 1.38 bits per heavy atom. The molecule has 1 aromatic heterocycles. The summed E-state index contributed by atoms with van der Waals surface area (Å²) in [6.07, 6.45) is 3.71. The van der Waals surface area contributed by atoms with Crippen LogP contribution in [0.25, 0.3) is 0 Å². The Morgan fingerprint density at radius 3 is 2.69 bits per heavy atom. The molecule has 1 N–H and O–H groups in total. The van der Waals surface area contributed by atoms with Crippen LogP contribution in [0.2, 0.25) is 0 Å². The Bertz CT molecular complexity index is 261. The van der Waals surface area contributed by atoms with Crippen molar-refractivity contribution < 1.29 is 0 Å². The molecule has 13 heavy (non-hydrogen) atoms. The average molecular weight is 177 g/mol. The Hall–Kier alpha value is -1.38. The van der Waals surface area contributed by atoms with Crippen LogP contribution < -0.4 is 5.43 Å². The SMILES string of the molecule is CCC(CC)=NNc1ccccn1. The number of nitrogens with zero attached hydrogens (tertiary/aromatic N) is 2. The molecule has 1 aromatic rings. The molecule has 0 saturated heterocycles. The Morgan fingerprint density at radius 2 is 2.15 bits per heavy atom. The van der Waals surface area contributed by atoms with Gasteiger partial charge in [-0.1, -0.05) is 19.9 Å². The van der Waals surface area contributed by atoms with Crippen LogP contribution in [-0.4, -0.2) is 10.7 Å². The standard InChI is InChI=1S/C10H15N3/c1-3-9(4-2)12-13-10-7-5-6-8-11-10/h5-8H,3-4H2,1-2H3,(H,11,13). The molecule has 1 heterocycles. The molecule has 0 aromatic carbocycles. The summed E-state index contributed by atoms with van der Waals surface area (Å²) in [4.78, 5) is 4.10. The monoisotopic (exact) mass is 177 g/mol. The minimum absolute atomic E-state index is 0.793. The quantitative estimate of drug-likeness (QED) is 0.567. The zero-order valence-corrected chi connectivity index (χ0v) is 8.12. The van der Waals surface area contributed by atoms with Crippen molar-refractivity contribution in [2.75, 3.05) is 5.43 Å². The fraction of sp³-hybridized carbons (Fsp3) is 0.400. The zero-order valence-electron chi connectivity index (χ0n) is 8.12. The van der Waals surface area contributed by atoms with Gasteiger partial charge in [0.25, 0.3) is 0 Å². The number of hydrogen-bond acceptors (Lipinski definition) is 3. The van der Waals surface area contributed by atoms with E-state index in [1.165, 1.54) is 0 Å². The summed E-state index contributed by atoms with van der Waals surface area (Å²) in [6.45, 7) is 4.20. The molecular weight excluding hydrogens is 162 g/mol. The second-order valence-corrected chi connectivity index (χ2v) is 2.71. The van der Waals surface area contributed by atoms with E-state index in [9.17, 15) is 0 Å². The second-order valence-electron chi connectivity index (χ2n) is 2.71. The number of hydrazone groups is 1. The smallest absolute Gasteiger partial charge is 0.146 e. The molecule has 0 saturated carbocycles. The van der Waals surface area contributed by atoms with Crippen LogP contribution in [0.3, 0.4) is 0 Å². The van der Waals surface area contributed by atoms with Crippen molar-refractivity contribution in [2.24, 2.45) is 5.10 Å².